The average molecular weight is 484 g/mol. The number of ether oxygens (including phenoxy) is 2. The van der Waals surface area contributed by atoms with Crippen molar-refractivity contribution in [2.45, 2.75) is 31.9 Å². The quantitative estimate of drug-likeness (QED) is 0.377. The van der Waals surface area contributed by atoms with E-state index in [9.17, 15) is 9.59 Å². The van der Waals surface area contributed by atoms with Crippen molar-refractivity contribution in [1.29, 1.82) is 0 Å². The molecule has 0 aliphatic carbocycles. The van der Waals surface area contributed by atoms with Gasteiger partial charge >= 0.3 is 0 Å². The second kappa shape index (κ2) is 11.2. The molecular weight excluding hydrogens is 454 g/mol. The number of nitrogens with zero attached hydrogens (tertiary/aromatic N) is 2. The van der Waals surface area contributed by atoms with E-state index in [1.54, 1.807) is 17.0 Å². The molecule has 1 unspecified atom stereocenters. The third kappa shape index (κ3) is 5.63. The van der Waals surface area contributed by atoms with Gasteiger partial charge in [0, 0.05) is 18.7 Å². The van der Waals surface area contributed by atoms with Gasteiger partial charge in [0.1, 0.15) is 11.6 Å². The van der Waals surface area contributed by atoms with E-state index in [1.807, 2.05) is 66.7 Å². The van der Waals surface area contributed by atoms with Crippen molar-refractivity contribution in [2.75, 3.05) is 19.8 Å². The number of carbonyl (C=O) groups is 1. The van der Waals surface area contributed by atoms with Crippen LogP contribution in [0.3, 0.4) is 0 Å². The number of rotatable bonds is 9. The molecule has 0 radical (unpaired) electrons. The first-order valence-corrected chi connectivity index (χ1v) is 12.3. The lowest BCUT2D eigenvalue weighted by molar-refractivity contribution is -0.134. The van der Waals surface area contributed by atoms with Crippen LogP contribution >= 0.6 is 0 Å². The Bertz CT molecular complexity index is 1380. The summed E-state index contributed by atoms with van der Waals surface area (Å²) in [5.41, 5.74) is 2.45. The number of aromatic amines is 1. The van der Waals surface area contributed by atoms with Crippen molar-refractivity contribution in [3.63, 3.8) is 0 Å². The minimum Gasteiger partial charge on any atom is -0.492 e. The highest BCUT2D eigenvalue weighted by Gasteiger charge is 2.24. The van der Waals surface area contributed by atoms with Crippen LogP contribution in [-0.2, 0) is 16.1 Å². The third-order valence-corrected chi connectivity index (χ3v) is 6.35. The number of nitrogens with one attached hydrogen (secondary N) is 1. The van der Waals surface area contributed by atoms with Gasteiger partial charge in [0.2, 0.25) is 5.91 Å². The molecule has 0 saturated carbocycles. The molecule has 0 spiro atoms. The molecule has 4 aromatic rings. The first-order valence-electron chi connectivity index (χ1n) is 12.3. The zero-order chi connectivity index (χ0) is 24.7. The third-order valence-electron chi connectivity index (χ3n) is 6.35. The van der Waals surface area contributed by atoms with Gasteiger partial charge in [0.25, 0.3) is 5.56 Å². The first-order chi connectivity index (χ1) is 17.7. The van der Waals surface area contributed by atoms with Crippen molar-refractivity contribution in [2.24, 2.45) is 0 Å². The lowest BCUT2D eigenvalue weighted by atomic mass is 10.1. The predicted octanol–water partition coefficient (Wildman–Crippen LogP) is 4.57. The Morgan fingerprint density at radius 2 is 1.81 bits per heavy atom. The molecule has 1 aromatic heterocycles. The monoisotopic (exact) mass is 483 g/mol. The van der Waals surface area contributed by atoms with Crippen LogP contribution in [0.1, 0.15) is 25.1 Å². The van der Waals surface area contributed by atoms with Crippen molar-refractivity contribution >= 4 is 16.8 Å². The molecule has 0 bridgehead atoms. The maximum Gasteiger partial charge on any atom is 0.258 e. The summed E-state index contributed by atoms with van der Waals surface area (Å²) >= 11 is 0. The number of hydrogen-bond acceptors (Lipinski definition) is 5. The van der Waals surface area contributed by atoms with Crippen LogP contribution in [0.5, 0.6) is 5.75 Å². The molecule has 1 N–H and O–H groups in total. The first kappa shape index (κ1) is 23.8. The van der Waals surface area contributed by atoms with Gasteiger partial charge in [0.05, 0.1) is 36.6 Å². The number of H-pyrrole nitrogens is 1. The van der Waals surface area contributed by atoms with Crippen LogP contribution in [0, 0.1) is 0 Å². The Labute approximate surface area is 209 Å². The van der Waals surface area contributed by atoms with Gasteiger partial charge in [-0.15, -0.1) is 0 Å². The Morgan fingerprint density at radius 3 is 2.64 bits per heavy atom. The Hall–Kier alpha value is -3.97. The SMILES string of the molecule is O=C(CCOc1ccccc1-c1ccccc1)N(Cc1nc2ccccc2c(=O)[nH]1)CC1CCCO1. The number of carbonyl (C=O) groups excluding carboxylic acids is 1. The molecule has 1 atom stereocenters. The maximum atomic E-state index is 13.3. The Balaban J connectivity index is 1.29. The van der Waals surface area contributed by atoms with E-state index >= 15 is 0 Å². The Morgan fingerprint density at radius 1 is 1.03 bits per heavy atom. The molecule has 3 aromatic carbocycles. The van der Waals surface area contributed by atoms with Gasteiger partial charge in [-0.25, -0.2) is 4.98 Å². The highest BCUT2D eigenvalue weighted by molar-refractivity contribution is 5.78. The molecular formula is C29H29N3O4. The fraction of sp³-hybridized carbons (Fsp3) is 0.276. The standard InChI is InChI=1S/C29H29N3O4/c33-28(16-18-36-26-15-7-5-12-23(26)21-9-2-1-3-10-21)32(19-22-11-8-17-35-22)20-27-30-25-14-6-4-13-24(25)29(34)31-27/h1-7,9-10,12-15,22H,8,11,16-20H2,(H,30,31,34). The molecule has 1 aliphatic heterocycles. The molecule has 184 valence electrons. The van der Waals surface area contributed by atoms with E-state index in [0.717, 1.165) is 29.7 Å². The average Bonchev–Trinajstić information content (AvgIpc) is 3.42. The summed E-state index contributed by atoms with van der Waals surface area (Å²) in [6.07, 6.45) is 2.08. The molecule has 1 fully saturated rings. The Kier molecular flexibility index (Phi) is 7.38. The van der Waals surface area contributed by atoms with Crippen LogP contribution in [0.2, 0.25) is 0 Å². The van der Waals surface area contributed by atoms with E-state index in [-0.39, 0.29) is 37.1 Å². The van der Waals surface area contributed by atoms with E-state index < -0.39 is 0 Å². The highest BCUT2D eigenvalue weighted by atomic mass is 16.5. The summed E-state index contributed by atoms with van der Waals surface area (Å²) in [5, 5.41) is 0.531. The summed E-state index contributed by atoms with van der Waals surface area (Å²) in [7, 11) is 0. The van der Waals surface area contributed by atoms with Crippen molar-refractivity contribution < 1.29 is 14.3 Å². The molecule has 2 heterocycles. The largest absolute Gasteiger partial charge is 0.492 e. The van der Waals surface area contributed by atoms with E-state index in [1.165, 1.54) is 0 Å². The predicted molar refractivity (Wildman–Crippen MR) is 139 cm³/mol. The van der Waals surface area contributed by atoms with Gasteiger partial charge in [-0.05, 0) is 36.6 Å². The fourth-order valence-corrected chi connectivity index (χ4v) is 4.53. The minimum absolute atomic E-state index is 0.0131. The molecule has 1 saturated heterocycles. The minimum atomic E-state index is -0.207. The summed E-state index contributed by atoms with van der Waals surface area (Å²) in [5.74, 6) is 1.13. The number of benzene rings is 3. The van der Waals surface area contributed by atoms with Gasteiger partial charge in [-0.3, -0.25) is 9.59 Å². The molecule has 1 amide bonds. The van der Waals surface area contributed by atoms with Crippen molar-refractivity contribution in [3.8, 4) is 16.9 Å². The number of para-hydroxylation sites is 2. The van der Waals surface area contributed by atoms with Crippen LogP contribution in [-0.4, -0.2) is 46.6 Å². The smallest absolute Gasteiger partial charge is 0.258 e. The lowest BCUT2D eigenvalue weighted by Gasteiger charge is -2.25. The fourth-order valence-electron chi connectivity index (χ4n) is 4.53. The van der Waals surface area contributed by atoms with Crippen molar-refractivity contribution in [3.05, 3.63) is 95.0 Å². The van der Waals surface area contributed by atoms with E-state index in [2.05, 4.69) is 9.97 Å². The molecule has 1 aliphatic rings. The molecule has 7 nitrogen and oxygen atoms in total. The second-order valence-corrected chi connectivity index (χ2v) is 8.90. The van der Waals surface area contributed by atoms with Crippen LogP contribution < -0.4 is 10.3 Å². The van der Waals surface area contributed by atoms with Gasteiger partial charge in [-0.1, -0.05) is 60.7 Å². The van der Waals surface area contributed by atoms with E-state index in [0.29, 0.717) is 29.9 Å². The number of aromatic nitrogens is 2. The van der Waals surface area contributed by atoms with Crippen LogP contribution in [0.15, 0.2) is 83.7 Å². The number of hydrogen-bond donors (Lipinski definition) is 1. The number of amides is 1. The highest BCUT2D eigenvalue weighted by Crippen LogP contribution is 2.29. The van der Waals surface area contributed by atoms with E-state index in [4.69, 9.17) is 9.47 Å². The molecule has 5 rings (SSSR count). The van der Waals surface area contributed by atoms with Gasteiger partial charge in [0.15, 0.2) is 0 Å². The summed E-state index contributed by atoms with van der Waals surface area (Å²) in [4.78, 5) is 35.0. The zero-order valence-corrected chi connectivity index (χ0v) is 20.1. The van der Waals surface area contributed by atoms with Crippen LogP contribution in [0.4, 0.5) is 0 Å². The van der Waals surface area contributed by atoms with Gasteiger partial charge in [-0.2, -0.15) is 0 Å². The van der Waals surface area contributed by atoms with Gasteiger partial charge < -0.3 is 19.4 Å². The topological polar surface area (TPSA) is 84.5 Å². The lowest BCUT2D eigenvalue weighted by Crippen LogP contribution is -2.38. The second-order valence-electron chi connectivity index (χ2n) is 8.90. The normalized spacial score (nSPS) is 15.2. The number of fused-ring (bicyclic) bond motifs is 1. The van der Waals surface area contributed by atoms with Crippen LogP contribution in [0.25, 0.3) is 22.0 Å². The summed E-state index contributed by atoms with van der Waals surface area (Å²) in [6.45, 7) is 1.61. The zero-order valence-electron chi connectivity index (χ0n) is 20.1. The molecule has 36 heavy (non-hydrogen) atoms. The van der Waals surface area contributed by atoms with Crippen molar-refractivity contribution in [1.82, 2.24) is 14.9 Å². The summed E-state index contributed by atoms with van der Waals surface area (Å²) in [6, 6.07) is 25.1. The summed E-state index contributed by atoms with van der Waals surface area (Å²) < 4.78 is 11.8. The maximum absolute atomic E-state index is 13.3. The molecule has 7 heteroatoms.